The minimum absolute atomic E-state index is 0.842. The fraction of sp³-hybridized carbons (Fsp3) is 0.632. The second kappa shape index (κ2) is 5.68. The molecule has 4 saturated carbocycles. The summed E-state index contributed by atoms with van der Waals surface area (Å²) in [6.45, 7) is 0. The Balaban J connectivity index is 1.39. The fourth-order valence-corrected chi connectivity index (χ4v) is 5.94. The van der Waals surface area contributed by atoms with Gasteiger partial charge in [0.25, 0.3) is 0 Å². The minimum atomic E-state index is 0.842. The summed E-state index contributed by atoms with van der Waals surface area (Å²) in [6.07, 6.45) is 9.38. The van der Waals surface area contributed by atoms with Crippen molar-refractivity contribution >= 4 is 28.3 Å². The summed E-state index contributed by atoms with van der Waals surface area (Å²) >= 11 is 2.34. The summed E-state index contributed by atoms with van der Waals surface area (Å²) in [5, 5.41) is 8.45. The number of hydrogen-bond donors (Lipinski definition) is 1. The Morgan fingerprint density at radius 2 is 1.52 bits per heavy atom. The van der Waals surface area contributed by atoms with Crippen LogP contribution in [0.15, 0.2) is 24.3 Å². The smallest absolute Gasteiger partial charge is 0.0136 e. The average Bonchev–Trinajstić information content (AvgIpc) is 2.45. The maximum Gasteiger partial charge on any atom is 0.0136 e. The maximum atomic E-state index is 8.45. The van der Waals surface area contributed by atoms with Gasteiger partial charge >= 0.3 is 0 Å². The van der Waals surface area contributed by atoms with Gasteiger partial charge in [0.1, 0.15) is 0 Å². The van der Waals surface area contributed by atoms with E-state index in [-0.39, 0.29) is 0 Å². The third-order valence-electron chi connectivity index (χ3n) is 6.23. The molecule has 0 amide bonds. The first-order valence-corrected chi connectivity index (χ1v) is 9.56. The monoisotopic (exact) mass is 393 g/mol. The standard InChI is InChI=1S/C19H24IN/c20-17-3-1-12(2-4-17)10-18(21)11-19-15-6-13-5-14(8-15)9-16(19)7-13/h1-4,13-16,19,21H,5-11H2. The van der Waals surface area contributed by atoms with Crippen LogP contribution in [0, 0.1) is 38.6 Å². The molecular formula is C19H24IN. The molecule has 0 atom stereocenters. The molecule has 4 fully saturated rings. The van der Waals surface area contributed by atoms with E-state index in [4.69, 9.17) is 5.41 Å². The van der Waals surface area contributed by atoms with Crippen molar-refractivity contribution in [2.45, 2.75) is 44.9 Å². The summed E-state index contributed by atoms with van der Waals surface area (Å²) in [6, 6.07) is 8.69. The first-order chi connectivity index (χ1) is 10.2. The third kappa shape index (κ3) is 2.93. The van der Waals surface area contributed by atoms with Crippen molar-refractivity contribution < 1.29 is 0 Å². The molecule has 2 heteroatoms. The predicted octanol–water partition coefficient (Wildman–Crippen LogP) is 5.32. The van der Waals surface area contributed by atoms with Gasteiger partial charge in [-0.15, -0.1) is 0 Å². The zero-order valence-electron chi connectivity index (χ0n) is 12.5. The fourth-order valence-electron chi connectivity index (χ4n) is 5.58. The van der Waals surface area contributed by atoms with Crippen LogP contribution in [-0.4, -0.2) is 5.71 Å². The highest BCUT2D eigenvalue weighted by Gasteiger charge is 2.47. The van der Waals surface area contributed by atoms with Crippen molar-refractivity contribution in [2.75, 3.05) is 0 Å². The van der Waals surface area contributed by atoms with Gasteiger partial charge in [0.15, 0.2) is 0 Å². The molecule has 0 radical (unpaired) electrons. The molecule has 0 aromatic heterocycles. The molecule has 1 N–H and O–H groups in total. The Kier molecular flexibility index (Phi) is 3.85. The lowest BCUT2D eigenvalue weighted by atomic mass is 9.51. The van der Waals surface area contributed by atoms with E-state index in [1.807, 2.05) is 0 Å². The van der Waals surface area contributed by atoms with Gasteiger partial charge in [0, 0.05) is 15.7 Å². The van der Waals surface area contributed by atoms with Crippen molar-refractivity contribution in [3.8, 4) is 0 Å². The summed E-state index contributed by atoms with van der Waals surface area (Å²) in [4.78, 5) is 0. The molecule has 4 aliphatic rings. The highest BCUT2D eigenvalue weighted by molar-refractivity contribution is 14.1. The van der Waals surface area contributed by atoms with Crippen LogP contribution in [0.1, 0.15) is 44.1 Å². The SMILES string of the molecule is N=C(Cc1ccc(I)cc1)CC1C2CC3CC(C2)CC1C3. The highest BCUT2D eigenvalue weighted by atomic mass is 127. The third-order valence-corrected chi connectivity index (χ3v) is 6.95. The van der Waals surface area contributed by atoms with Crippen LogP contribution in [0.2, 0.25) is 0 Å². The van der Waals surface area contributed by atoms with E-state index in [1.165, 1.54) is 41.2 Å². The number of rotatable bonds is 4. The largest absolute Gasteiger partial charge is 0.309 e. The molecule has 1 aromatic carbocycles. The van der Waals surface area contributed by atoms with Gasteiger partial charge in [0.2, 0.25) is 0 Å². The molecule has 4 aliphatic carbocycles. The van der Waals surface area contributed by atoms with E-state index < -0.39 is 0 Å². The number of benzene rings is 1. The number of halogens is 1. The lowest BCUT2D eigenvalue weighted by Crippen LogP contribution is -2.45. The molecule has 0 aliphatic heterocycles. The first kappa shape index (κ1) is 14.2. The second-order valence-corrected chi connectivity index (χ2v) is 8.95. The topological polar surface area (TPSA) is 23.9 Å². The summed E-state index contributed by atoms with van der Waals surface area (Å²) < 4.78 is 1.28. The Morgan fingerprint density at radius 1 is 0.952 bits per heavy atom. The predicted molar refractivity (Wildman–Crippen MR) is 95.7 cm³/mol. The van der Waals surface area contributed by atoms with Crippen molar-refractivity contribution in [1.82, 2.24) is 0 Å². The molecule has 0 unspecified atom stereocenters. The molecule has 112 valence electrons. The molecule has 4 bridgehead atoms. The van der Waals surface area contributed by atoms with Crippen LogP contribution in [0.3, 0.4) is 0 Å². The van der Waals surface area contributed by atoms with Crippen LogP contribution in [0.25, 0.3) is 0 Å². The van der Waals surface area contributed by atoms with Crippen molar-refractivity contribution in [3.05, 3.63) is 33.4 Å². The molecular weight excluding hydrogens is 369 g/mol. The molecule has 5 rings (SSSR count). The van der Waals surface area contributed by atoms with Gasteiger partial charge in [-0.3, -0.25) is 0 Å². The van der Waals surface area contributed by atoms with Gasteiger partial charge in [0.05, 0.1) is 0 Å². The lowest BCUT2D eigenvalue weighted by Gasteiger charge is -2.54. The average molecular weight is 393 g/mol. The summed E-state index contributed by atoms with van der Waals surface area (Å²) in [5.74, 6) is 4.86. The highest BCUT2D eigenvalue weighted by Crippen LogP contribution is 2.57. The van der Waals surface area contributed by atoms with Gasteiger partial charge in [-0.25, -0.2) is 0 Å². The summed E-state index contributed by atoms with van der Waals surface area (Å²) in [7, 11) is 0. The number of nitrogens with one attached hydrogen (secondary N) is 1. The van der Waals surface area contributed by atoms with Crippen LogP contribution in [0.4, 0.5) is 0 Å². The molecule has 1 aromatic rings. The Hall–Kier alpha value is -0.380. The summed E-state index contributed by atoms with van der Waals surface area (Å²) in [5.41, 5.74) is 2.28. The minimum Gasteiger partial charge on any atom is -0.309 e. The molecule has 21 heavy (non-hydrogen) atoms. The van der Waals surface area contributed by atoms with Crippen molar-refractivity contribution in [1.29, 1.82) is 5.41 Å². The second-order valence-electron chi connectivity index (χ2n) is 7.71. The van der Waals surface area contributed by atoms with Crippen molar-refractivity contribution in [3.63, 3.8) is 0 Å². The van der Waals surface area contributed by atoms with Crippen LogP contribution >= 0.6 is 22.6 Å². The quantitative estimate of drug-likeness (QED) is 0.529. The van der Waals surface area contributed by atoms with Crippen molar-refractivity contribution in [2.24, 2.45) is 29.6 Å². The van der Waals surface area contributed by atoms with Gasteiger partial charge in [-0.2, -0.15) is 0 Å². The Labute approximate surface area is 141 Å². The van der Waals surface area contributed by atoms with Crippen LogP contribution in [0.5, 0.6) is 0 Å². The van der Waals surface area contributed by atoms with E-state index in [0.717, 1.165) is 48.1 Å². The van der Waals surface area contributed by atoms with Crippen LogP contribution in [-0.2, 0) is 6.42 Å². The maximum absolute atomic E-state index is 8.45. The Morgan fingerprint density at radius 3 is 2.10 bits per heavy atom. The molecule has 0 heterocycles. The lowest BCUT2D eigenvalue weighted by molar-refractivity contribution is -0.0333. The van der Waals surface area contributed by atoms with Gasteiger partial charge < -0.3 is 5.41 Å². The van der Waals surface area contributed by atoms with Gasteiger partial charge in [-0.05, 0) is 108 Å². The van der Waals surface area contributed by atoms with E-state index in [1.54, 1.807) is 0 Å². The molecule has 0 spiro atoms. The van der Waals surface area contributed by atoms with Gasteiger partial charge in [-0.1, -0.05) is 12.1 Å². The van der Waals surface area contributed by atoms with E-state index in [2.05, 4.69) is 46.9 Å². The number of hydrogen-bond acceptors (Lipinski definition) is 1. The van der Waals surface area contributed by atoms with E-state index in [0.29, 0.717) is 0 Å². The van der Waals surface area contributed by atoms with E-state index in [9.17, 15) is 0 Å². The normalized spacial score (nSPS) is 36.9. The first-order valence-electron chi connectivity index (χ1n) is 8.48. The molecule has 0 saturated heterocycles. The molecule has 1 nitrogen and oxygen atoms in total. The van der Waals surface area contributed by atoms with E-state index >= 15 is 0 Å². The zero-order chi connectivity index (χ0) is 14.4. The van der Waals surface area contributed by atoms with Crippen LogP contribution < -0.4 is 0 Å². The Bertz CT molecular complexity index is 505. The zero-order valence-corrected chi connectivity index (χ0v) is 14.7.